The minimum absolute atomic E-state index is 0.297. The molecule has 2 rings (SSSR count). The first-order valence-electron chi connectivity index (χ1n) is 5.90. The van der Waals surface area contributed by atoms with E-state index in [9.17, 15) is 0 Å². The van der Waals surface area contributed by atoms with Crippen molar-refractivity contribution < 1.29 is 0 Å². The van der Waals surface area contributed by atoms with Crippen molar-refractivity contribution in [2.75, 3.05) is 7.05 Å². The molecule has 1 unspecified atom stereocenters. The molecular weight excluding hydrogens is 232 g/mol. The number of nitrogens with zero attached hydrogens (tertiary/aromatic N) is 3. The largest absolute Gasteiger partial charge is 0.312 e. The Morgan fingerprint density at radius 1 is 1.53 bits per heavy atom. The summed E-state index contributed by atoms with van der Waals surface area (Å²) in [7, 11) is 1.95. The van der Waals surface area contributed by atoms with Crippen LogP contribution in [0.4, 0.5) is 0 Å². The SMILES string of the molecule is CCCn1cc(-c2nc(C(C)NC)cs2)cn1. The van der Waals surface area contributed by atoms with Crippen molar-refractivity contribution in [3.05, 3.63) is 23.5 Å². The first kappa shape index (κ1) is 12.3. The fourth-order valence-electron chi connectivity index (χ4n) is 1.59. The van der Waals surface area contributed by atoms with Crippen LogP contribution >= 0.6 is 11.3 Å². The van der Waals surface area contributed by atoms with Crippen LogP contribution in [0.25, 0.3) is 10.6 Å². The Morgan fingerprint density at radius 3 is 3.06 bits per heavy atom. The Kier molecular flexibility index (Phi) is 3.91. The number of hydrogen-bond donors (Lipinski definition) is 1. The van der Waals surface area contributed by atoms with Crippen LogP contribution in [0, 0.1) is 0 Å². The lowest BCUT2D eigenvalue weighted by Gasteiger charge is -2.04. The van der Waals surface area contributed by atoms with Crippen LogP contribution < -0.4 is 5.32 Å². The lowest BCUT2D eigenvalue weighted by molar-refractivity contribution is 0.603. The molecule has 0 saturated heterocycles. The zero-order valence-corrected chi connectivity index (χ0v) is 11.3. The molecule has 0 aromatic carbocycles. The highest BCUT2D eigenvalue weighted by molar-refractivity contribution is 7.13. The summed E-state index contributed by atoms with van der Waals surface area (Å²) < 4.78 is 1.97. The van der Waals surface area contributed by atoms with Crippen LogP contribution in [0.2, 0.25) is 0 Å². The van der Waals surface area contributed by atoms with Crippen LogP contribution in [-0.4, -0.2) is 21.8 Å². The van der Waals surface area contributed by atoms with Gasteiger partial charge in [-0.3, -0.25) is 4.68 Å². The summed E-state index contributed by atoms with van der Waals surface area (Å²) in [6, 6.07) is 0.297. The summed E-state index contributed by atoms with van der Waals surface area (Å²) in [4.78, 5) is 4.63. The second kappa shape index (κ2) is 5.42. The van der Waals surface area contributed by atoms with Gasteiger partial charge in [0, 0.05) is 29.7 Å². The molecule has 0 spiro atoms. The molecule has 4 nitrogen and oxygen atoms in total. The van der Waals surface area contributed by atoms with Crippen molar-refractivity contribution >= 4 is 11.3 Å². The average Bonchev–Trinajstić information content (AvgIpc) is 2.96. The Morgan fingerprint density at radius 2 is 2.35 bits per heavy atom. The minimum Gasteiger partial charge on any atom is -0.312 e. The normalized spacial score (nSPS) is 12.9. The topological polar surface area (TPSA) is 42.7 Å². The lowest BCUT2D eigenvalue weighted by atomic mass is 10.3. The fourth-order valence-corrected chi connectivity index (χ4v) is 2.48. The summed E-state index contributed by atoms with van der Waals surface area (Å²) in [5, 5.41) is 10.7. The zero-order valence-electron chi connectivity index (χ0n) is 10.5. The van der Waals surface area contributed by atoms with E-state index in [4.69, 9.17) is 0 Å². The van der Waals surface area contributed by atoms with Crippen LogP contribution in [-0.2, 0) is 6.54 Å². The molecule has 1 N–H and O–H groups in total. The first-order valence-corrected chi connectivity index (χ1v) is 6.78. The van der Waals surface area contributed by atoms with Gasteiger partial charge in [0.1, 0.15) is 5.01 Å². The van der Waals surface area contributed by atoms with Crippen molar-refractivity contribution in [1.82, 2.24) is 20.1 Å². The molecule has 0 radical (unpaired) electrons. The quantitative estimate of drug-likeness (QED) is 0.887. The smallest absolute Gasteiger partial charge is 0.126 e. The molecule has 0 bridgehead atoms. The van der Waals surface area contributed by atoms with E-state index in [0.717, 1.165) is 29.2 Å². The summed E-state index contributed by atoms with van der Waals surface area (Å²) in [5.41, 5.74) is 2.20. The van der Waals surface area contributed by atoms with E-state index in [1.807, 2.05) is 17.9 Å². The van der Waals surface area contributed by atoms with Gasteiger partial charge in [0.15, 0.2) is 0 Å². The van der Waals surface area contributed by atoms with E-state index in [1.165, 1.54) is 0 Å². The van der Waals surface area contributed by atoms with Gasteiger partial charge in [-0.25, -0.2) is 4.98 Å². The maximum atomic E-state index is 4.63. The molecule has 1 atom stereocenters. The van der Waals surface area contributed by atoms with Crippen molar-refractivity contribution in [3.8, 4) is 10.6 Å². The number of hydrogen-bond acceptors (Lipinski definition) is 4. The second-order valence-corrected chi connectivity index (χ2v) is 4.94. The lowest BCUT2D eigenvalue weighted by Crippen LogP contribution is -2.12. The van der Waals surface area contributed by atoms with Gasteiger partial charge < -0.3 is 5.32 Å². The Bertz CT molecular complexity index is 474. The van der Waals surface area contributed by atoms with Crippen molar-refractivity contribution in [3.63, 3.8) is 0 Å². The van der Waals surface area contributed by atoms with Gasteiger partial charge in [-0.2, -0.15) is 5.10 Å². The van der Waals surface area contributed by atoms with Gasteiger partial charge in [0.25, 0.3) is 0 Å². The monoisotopic (exact) mass is 250 g/mol. The average molecular weight is 250 g/mol. The van der Waals surface area contributed by atoms with Crippen LogP contribution in [0.15, 0.2) is 17.8 Å². The summed E-state index contributed by atoms with van der Waals surface area (Å²) in [5.74, 6) is 0. The van der Waals surface area contributed by atoms with Crippen molar-refractivity contribution in [2.45, 2.75) is 32.9 Å². The number of nitrogens with one attached hydrogen (secondary N) is 1. The first-order chi connectivity index (χ1) is 8.24. The van der Waals surface area contributed by atoms with Crippen LogP contribution in [0.5, 0.6) is 0 Å². The summed E-state index contributed by atoms with van der Waals surface area (Å²) >= 11 is 1.67. The van der Waals surface area contributed by atoms with E-state index >= 15 is 0 Å². The zero-order chi connectivity index (χ0) is 12.3. The predicted octanol–water partition coefficient (Wildman–Crippen LogP) is 2.70. The second-order valence-electron chi connectivity index (χ2n) is 4.08. The van der Waals surface area contributed by atoms with E-state index < -0.39 is 0 Å². The highest BCUT2D eigenvalue weighted by atomic mass is 32.1. The number of rotatable bonds is 5. The van der Waals surface area contributed by atoms with Crippen molar-refractivity contribution in [1.29, 1.82) is 0 Å². The Labute approximate surface area is 106 Å². The number of aryl methyl sites for hydroxylation is 1. The van der Waals surface area contributed by atoms with Crippen LogP contribution in [0.1, 0.15) is 32.0 Å². The van der Waals surface area contributed by atoms with Gasteiger partial charge in [0.05, 0.1) is 11.9 Å². The molecule has 0 saturated carbocycles. The van der Waals surface area contributed by atoms with Crippen LogP contribution in [0.3, 0.4) is 0 Å². The van der Waals surface area contributed by atoms with E-state index in [-0.39, 0.29) is 0 Å². The fraction of sp³-hybridized carbons (Fsp3) is 0.500. The third-order valence-corrected chi connectivity index (χ3v) is 3.64. The molecular formula is C12H18N4S. The summed E-state index contributed by atoms with van der Waals surface area (Å²) in [6.45, 7) is 5.22. The molecule has 5 heteroatoms. The predicted molar refractivity (Wildman–Crippen MR) is 71.1 cm³/mol. The molecule has 2 aromatic rings. The van der Waals surface area contributed by atoms with Gasteiger partial charge in [-0.05, 0) is 20.4 Å². The van der Waals surface area contributed by atoms with Gasteiger partial charge in [-0.1, -0.05) is 6.92 Å². The Balaban J connectivity index is 2.18. The van der Waals surface area contributed by atoms with E-state index in [0.29, 0.717) is 6.04 Å². The molecule has 0 amide bonds. The number of aromatic nitrogens is 3. The van der Waals surface area contributed by atoms with E-state index in [1.54, 1.807) is 11.3 Å². The van der Waals surface area contributed by atoms with E-state index in [2.05, 4.69) is 40.8 Å². The molecule has 2 heterocycles. The molecule has 0 fully saturated rings. The van der Waals surface area contributed by atoms with Gasteiger partial charge in [0.2, 0.25) is 0 Å². The maximum Gasteiger partial charge on any atom is 0.126 e. The highest BCUT2D eigenvalue weighted by Crippen LogP contribution is 2.25. The Hall–Kier alpha value is -1.20. The van der Waals surface area contributed by atoms with Gasteiger partial charge in [-0.15, -0.1) is 11.3 Å². The standard InChI is InChI=1S/C12H18N4S/c1-4-5-16-7-10(6-14-16)12-15-11(8-17-12)9(2)13-3/h6-9,13H,4-5H2,1-3H3. The number of thiazole rings is 1. The maximum absolute atomic E-state index is 4.63. The third-order valence-electron chi connectivity index (χ3n) is 2.73. The highest BCUT2D eigenvalue weighted by Gasteiger charge is 2.10. The summed E-state index contributed by atoms with van der Waals surface area (Å²) in [6.07, 6.45) is 5.06. The molecule has 0 aliphatic carbocycles. The molecule has 2 aromatic heterocycles. The molecule has 0 aliphatic rings. The third kappa shape index (κ3) is 2.73. The minimum atomic E-state index is 0.297. The molecule has 0 aliphatic heterocycles. The molecule has 92 valence electrons. The van der Waals surface area contributed by atoms with Crippen molar-refractivity contribution in [2.24, 2.45) is 0 Å². The molecule has 17 heavy (non-hydrogen) atoms. The van der Waals surface area contributed by atoms with Gasteiger partial charge >= 0.3 is 0 Å².